The van der Waals surface area contributed by atoms with Crippen molar-refractivity contribution in [2.24, 2.45) is 0 Å². The van der Waals surface area contributed by atoms with E-state index in [0.29, 0.717) is 12.1 Å². The van der Waals surface area contributed by atoms with Crippen LogP contribution in [0.4, 0.5) is 5.69 Å². The third-order valence-electron chi connectivity index (χ3n) is 3.19. The molecule has 0 atom stereocenters. The molecule has 21 heavy (non-hydrogen) atoms. The molecule has 0 bridgehead atoms. The van der Waals surface area contributed by atoms with E-state index in [4.69, 9.17) is 0 Å². The summed E-state index contributed by atoms with van der Waals surface area (Å²) in [7, 11) is 0. The summed E-state index contributed by atoms with van der Waals surface area (Å²) in [5, 5.41) is 7.37. The van der Waals surface area contributed by atoms with Gasteiger partial charge >= 0.3 is 0 Å². The Balaban J connectivity index is 2.08. The Hall–Kier alpha value is -1.88. The average molecular weight is 303 g/mol. The van der Waals surface area contributed by atoms with Crippen molar-refractivity contribution in [3.05, 3.63) is 45.4 Å². The number of aromatic nitrogens is 1. The number of aryl methyl sites for hydroxylation is 2. The van der Waals surface area contributed by atoms with E-state index in [1.54, 1.807) is 11.3 Å². The van der Waals surface area contributed by atoms with E-state index in [0.717, 1.165) is 29.2 Å². The van der Waals surface area contributed by atoms with Gasteiger partial charge in [-0.1, -0.05) is 13.0 Å². The predicted octanol–water partition coefficient (Wildman–Crippen LogP) is 3.38. The van der Waals surface area contributed by atoms with E-state index in [1.807, 2.05) is 38.2 Å². The van der Waals surface area contributed by atoms with E-state index >= 15 is 0 Å². The van der Waals surface area contributed by atoms with Gasteiger partial charge in [0, 0.05) is 28.9 Å². The molecule has 1 amide bonds. The molecule has 0 radical (unpaired) electrons. The van der Waals surface area contributed by atoms with Crippen molar-refractivity contribution in [3.8, 4) is 0 Å². The van der Waals surface area contributed by atoms with Crippen molar-refractivity contribution in [1.82, 2.24) is 10.3 Å². The molecule has 112 valence electrons. The van der Waals surface area contributed by atoms with Crippen molar-refractivity contribution >= 4 is 22.9 Å². The Morgan fingerprint density at radius 3 is 2.81 bits per heavy atom. The maximum Gasteiger partial charge on any atom is 0.251 e. The highest BCUT2D eigenvalue weighted by Gasteiger charge is 2.07. The Morgan fingerprint density at radius 1 is 1.33 bits per heavy atom. The molecule has 1 aromatic heterocycles. The van der Waals surface area contributed by atoms with Gasteiger partial charge in [-0.25, -0.2) is 4.98 Å². The fourth-order valence-electron chi connectivity index (χ4n) is 1.99. The Labute approximate surface area is 129 Å². The maximum absolute atomic E-state index is 11.9. The first-order valence-corrected chi connectivity index (χ1v) is 8.02. The van der Waals surface area contributed by atoms with E-state index in [9.17, 15) is 4.79 Å². The maximum atomic E-state index is 11.9. The molecule has 4 nitrogen and oxygen atoms in total. The van der Waals surface area contributed by atoms with Gasteiger partial charge in [0.1, 0.15) is 0 Å². The first kappa shape index (κ1) is 15.5. The molecule has 0 saturated heterocycles. The van der Waals surface area contributed by atoms with Gasteiger partial charge in [-0.15, -0.1) is 11.3 Å². The third-order valence-corrected chi connectivity index (χ3v) is 4.34. The highest BCUT2D eigenvalue weighted by atomic mass is 32.1. The zero-order valence-electron chi connectivity index (χ0n) is 12.7. The Kier molecular flexibility index (Phi) is 5.33. The highest BCUT2D eigenvalue weighted by Crippen LogP contribution is 2.20. The number of rotatable bonds is 6. The molecule has 1 heterocycles. The zero-order valence-corrected chi connectivity index (χ0v) is 13.5. The number of carbonyl (C=O) groups excluding carboxylic acids is 1. The first-order valence-electron chi connectivity index (χ1n) is 7.20. The average Bonchev–Trinajstić information content (AvgIpc) is 2.94. The van der Waals surface area contributed by atoms with Gasteiger partial charge in [-0.2, -0.15) is 0 Å². The second-order valence-corrected chi connectivity index (χ2v) is 6.02. The molecule has 1 aromatic carbocycles. The normalized spacial score (nSPS) is 10.4. The monoisotopic (exact) mass is 303 g/mol. The molecule has 2 rings (SSSR count). The lowest BCUT2D eigenvalue weighted by molar-refractivity contribution is 0.0956. The van der Waals surface area contributed by atoms with E-state index in [1.165, 1.54) is 4.88 Å². The standard InChI is InChI=1S/C16H21N3OS/c1-4-15-19-10-13(21-15)9-18-14-8-12(7-6-11(14)3)16(20)17-5-2/h6-8,10,18H,4-5,9H2,1-3H3,(H,17,20). The van der Waals surface area contributed by atoms with E-state index in [2.05, 4.69) is 22.5 Å². The molecular formula is C16H21N3OS. The Morgan fingerprint density at radius 2 is 2.14 bits per heavy atom. The van der Waals surface area contributed by atoms with Gasteiger partial charge in [0.15, 0.2) is 0 Å². The summed E-state index contributed by atoms with van der Waals surface area (Å²) in [5.41, 5.74) is 2.80. The van der Waals surface area contributed by atoms with Crippen LogP contribution < -0.4 is 10.6 Å². The van der Waals surface area contributed by atoms with Crippen LogP contribution in [0.3, 0.4) is 0 Å². The quantitative estimate of drug-likeness (QED) is 0.860. The van der Waals surface area contributed by atoms with Crippen LogP contribution in [-0.4, -0.2) is 17.4 Å². The van der Waals surface area contributed by atoms with Gasteiger partial charge < -0.3 is 10.6 Å². The van der Waals surface area contributed by atoms with Crippen molar-refractivity contribution in [2.75, 3.05) is 11.9 Å². The number of nitrogens with zero attached hydrogens (tertiary/aromatic N) is 1. The lowest BCUT2D eigenvalue weighted by atomic mass is 10.1. The summed E-state index contributed by atoms with van der Waals surface area (Å²) in [6.45, 7) is 7.43. The summed E-state index contributed by atoms with van der Waals surface area (Å²) in [6, 6.07) is 5.73. The van der Waals surface area contributed by atoms with Crippen LogP contribution in [0, 0.1) is 6.92 Å². The van der Waals surface area contributed by atoms with E-state index in [-0.39, 0.29) is 5.91 Å². The topological polar surface area (TPSA) is 54.0 Å². The smallest absolute Gasteiger partial charge is 0.251 e. The second kappa shape index (κ2) is 7.22. The second-order valence-electron chi connectivity index (χ2n) is 4.82. The number of hydrogen-bond donors (Lipinski definition) is 2. The predicted molar refractivity (Wildman–Crippen MR) is 88.0 cm³/mol. The molecular weight excluding hydrogens is 282 g/mol. The number of anilines is 1. The zero-order chi connectivity index (χ0) is 15.2. The molecule has 0 spiro atoms. The summed E-state index contributed by atoms with van der Waals surface area (Å²) < 4.78 is 0. The van der Waals surface area contributed by atoms with Crippen LogP contribution >= 0.6 is 11.3 Å². The van der Waals surface area contributed by atoms with Gasteiger partial charge in [0.05, 0.1) is 11.6 Å². The minimum Gasteiger partial charge on any atom is -0.380 e. The molecule has 0 fully saturated rings. The summed E-state index contributed by atoms with van der Waals surface area (Å²) in [4.78, 5) is 17.4. The number of thiazole rings is 1. The fourth-order valence-corrected chi connectivity index (χ4v) is 2.79. The molecule has 0 unspecified atom stereocenters. The van der Waals surface area contributed by atoms with Gasteiger partial charge in [-0.3, -0.25) is 4.79 Å². The molecule has 2 aromatic rings. The van der Waals surface area contributed by atoms with Crippen LogP contribution in [0.1, 0.15) is 39.7 Å². The van der Waals surface area contributed by atoms with Crippen LogP contribution in [0.15, 0.2) is 24.4 Å². The first-order chi connectivity index (χ1) is 10.1. The Bertz CT molecular complexity index is 622. The van der Waals surface area contributed by atoms with Crippen molar-refractivity contribution < 1.29 is 4.79 Å². The fraction of sp³-hybridized carbons (Fsp3) is 0.375. The largest absolute Gasteiger partial charge is 0.380 e. The van der Waals surface area contributed by atoms with Gasteiger partial charge in [-0.05, 0) is 38.0 Å². The summed E-state index contributed by atoms with van der Waals surface area (Å²) >= 11 is 1.72. The molecule has 0 aliphatic heterocycles. The van der Waals surface area contributed by atoms with Crippen LogP contribution in [0.2, 0.25) is 0 Å². The van der Waals surface area contributed by atoms with Crippen LogP contribution in [0.25, 0.3) is 0 Å². The molecule has 0 aliphatic rings. The number of hydrogen-bond acceptors (Lipinski definition) is 4. The van der Waals surface area contributed by atoms with Gasteiger partial charge in [0.2, 0.25) is 0 Å². The van der Waals surface area contributed by atoms with Crippen LogP contribution in [-0.2, 0) is 13.0 Å². The van der Waals surface area contributed by atoms with E-state index < -0.39 is 0 Å². The SMILES string of the molecule is CCNC(=O)c1ccc(C)c(NCc2cnc(CC)s2)c1. The number of nitrogens with one attached hydrogen (secondary N) is 2. The van der Waals surface area contributed by atoms with Gasteiger partial charge in [0.25, 0.3) is 5.91 Å². The summed E-state index contributed by atoms with van der Waals surface area (Å²) in [6.07, 6.45) is 2.88. The highest BCUT2D eigenvalue weighted by molar-refractivity contribution is 7.11. The number of benzene rings is 1. The lowest BCUT2D eigenvalue weighted by Crippen LogP contribution is -2.22. The number of carbonyl (C=O) groups is 1. The van der Waals surface area contributed by atoms with Crippen molar-refractivity contribution in [3.63, 3.8) is 0 Å². The van der Waals surface area contributed by atoms with Crippen molar-refractivity contribution in [1.29, 1.82) is 0 Å². The number of amides is 1. The van der Waals surface area contributed by atoms with Crippen LogP contribution in [0.5, 0.6) is 0 Å². The molecule has 0 aliphatic carbocycles. The molecule has 2 N–H and O–H groups in total. The van der Waals surface area contributed by atoms with Crippen molar-refractivity contribution in [2.45, 2.75) is 33.7 Å². The minimum absolute atomic E-state index is 0.0355. The summed E-state index contributed by atoms with van der Waals surface area (Å²) in [5.74, 6) is -0.0355. The minimum atomic E-state index is -0.0355. The third kappa shape index (κ3) is 4.04. The lowest BCUT2D eigenvalue weighted by Gasteiger charge is -2.10. The molecule has 5 heteroatoms. The molecule has 0 saturated carbocycles.